The Kier molecular flexibility index (Phi) is 4.01. The SMILES string of the molecule is Cc1ccc(S(=O)(=O)Nc2ccc3c(c2)Oc2ccccc2C=C3)cc1. The van der Waals surface area contributed by atoms with E-state index in [2.05, 4.69) is 4.72 Å². The number of fused-ring (bicyclic) bond motifs is 2. The van der Waals surface area contributed by atoms with E-state index in [0.717, 1.165) is 22.4 Å². The van der Waals surface area contributed by atoms with Crippen LogP contribution in [0, 0.1) is 6.92 Å². The van der Waals surface area contributed by atoms with Gasteiger partial charge in [0, 0.05) is 17.2 Å². The average Bonchev–Trinajstić information content (AvgIpc) is 2.80. The van der Waals surface area contributed by atoms with E-state index >= 15 is 0 Å². The van der Waals surface area contributed by atoms with Gasteiger partial charge in [0.2, 0.25) is 0 Å². The van der Waals surface area contributed by atoms with Crippen molar-refractivity contribution >= 4 is 27.9 Å². The van der Waals surface area contributed by atoms with Crippen LogP contribution in [0.4, 0.5) is 5.69 Å². The number of anilines is 1. The summed E-state index contributed by atoms with van der Waals surface area (Å²) in [6.45, 7) is 1.92. The first-order valence-corrected chi connectivity index (χ1v) is 9.68. The summed E-state index contributed by atoms with van der Waals surface area (Å²) in [4.78, 5) is 0.226. The molecule has 0 bridgehead atoms. The van der Waals surface area contributed by atoms with Crippen molar-refractivity contribution in [2.75, 3.05) is 4.72 Å². The van der Waals surface area contributed by atoms with Crippen molar-refractivity contribution in [3.63, 3.8) is 0 Å². The number of aryl methyl sites for hydroxylation is 1. The van der Waals surface area contributed by atoms with Crippen LogP contribution in [0.2, 0.25) is 0 Å². The summed E-state index contributed by atoms with van der Waals surface area (Å²) in [5.74, 6) is 1.34. The molecule has 4 rings (SSSR count). The molecule has 0 radical (unpaired) electrons. The second-order valence-corrected chi connectivity index (χ2v) is 7.83. The van der Waals surface area contributed by atoms with Crippen LogP contribution in [0.5, 0.6) is 11.5 Å². The van der Waals surface area contributed by atoms with Crippen molar-refractivity contribution in [2.45, 2.75) is 11.8 Å². The summed E-state index contributed by atoms with van der Waals surface area (Å²) in [5, 5.41) is 0. The van der Waals surface area contributed by atoms with E-state index in [1.165, 1.54) is 0 Å². The summed E-state index contributed by atoms with van der Waals surface area (Å²) >= 11 is 0. The fourth-order valence-electron chi connectivity index (χ4n) is 2.76. The van der Waals surface area contributed by atoms with E-state index in [1.54, 1.807) is 36.4 Å². The highest BCUT2D eigenvalue weighted by Gasteiger charge is 2.16. The van der Waals surface area contributed by atoms with Gasteiger partial charge in [-0.05, 0) is 37.3 Å². The van der Waals surface area contributed by atoms with Crippen molar-refractivity contribution in [2.24, 2.45) is 0 Å². The molecular weight excluding hydrogens is 346 g/mol. The highest BCUT2D eigenvalue weighted by molar-refractivity contribution is 7.92. The van der Waals surface area contributed by atoms with E-state index in [-0.39, 0.29) is 4.90 Å². The molecule has 1 aliphatic heterocycles. The number of sulfonamides is 1. The number of rotatable bonds is 3. The molecule has 3 aromatic carbocycles. The third kappa shape index (κ3) is 3.21. The number of hydrogen-bond donors (Lipinski definition) is 1. The van der Waals surface area contributed by atoms with E-state index in [0.29, 0.717) is 11.4 Å². The van der Waals surface area contributed by atoms with E-state index in [9.17, 15) is 8.42 Å². The van der Waals surface area contributed by atoms with E-state index in [4.69, 9.17) is 4.74 Å². The summed E-state index contributed by atoms with van der Waals surface area (Å²) in [7, 11) is -3.65. The summed E-state index contributed by atoms with van der Waals surface area (Å²) in [5.41, 5.74) is 3.33. The lowest BCUT2D eigenvalue weighted by Crippen LogP contribution is -2.13. The van der Waals surface area contributed by atoms with Gasteiger partial charge in [-0.3, -0.25) is 4.72 Å². The van der Waals surface area contributed by atoms with Crippen LogP contribution in [0.3, 0.4) is 0 Å². The molecular formula is C21H17NO3S. The van der Waals surface area contributed by atoms with Gasteiger partial charge in [0.15, 0.2) is 0 Å². The Morgan fingerprint density at radius 3 is 2.27 bits per heavy atom. The first-order valence-electron chi connectivity index (χ1n) is 8.20. The van der Waals surface area contributed by atoms with Crippen LogP contribution in [0.15, 0.2) is 71.6 Å². The lowest BCUT2D eigenvalue weighted by atomic mass is 10.1. The first-order chi connectivity index (χ1) is 12.5. The number of benzene rings is 3. The van der Waals surface area contributed by atoms with Crippen molar-refractivity contribution in [3.05, 3.63) is 83.4 Å². The number of para-hydroxylation sites is 1. The molecule has 0 fully saturated rings. The highest BCUT2D eigenvalue weighted by Crippen LogP contribution is 2.35. The second-order valence-electron chi connectivity index (χ2n) is 6.14. The third-order valence-corrected chi connectivity index (χ3v) is 5.58. The van der Waals surface area contributed by atoms with Gasteiger partial charge in [0.05, 0.1) is 10.6 Å². The van der Waals surface area contributed by atoms with Gasteiger partial charge in [-0.1, -0.05) is 48.0 Å². The molecule has 0 atom stereocenters. The van der Waals surface area contributed by atoms with Crippen LogP contribution in [0.25, 0.3) is 12.2 Å². The molecule has 130 valence electrons. The van der Waals surface area contributed by atoms with Crippen molar-refractivity contribution < 1.29 is 13.2 Å². The Balaban J connectivity index is 1.66. The molecule has 5 heteroatoms. The van der Waals surface area contributed by atoms with Crippen molar-refractivity contribution in [1.82, 2.24) is 0 Å². The van der Waals surface area contributed by atoms with Crippen molar-refractivity contribution in [3.8, 4) is 11.5 Å². The fourth-order valence-corrected chi connectivity index (χ4v) is 3.81. The highest BCUT2D eigenvalue weighted by atomic mass is 32.2. The minimum absolute atomic E-state index is 0.226. The van der Waals surface area contributed by atoms with Gasteiger partial charge in [-0.2, -0.15) is 0 Å². The zero-order valence-corrected chi connectivity index (χ0v) is 15.0. The van der Waals surface area contributed by atoms with Gasteiger partial charge in [-0.25, -0.2) is 8.42 Å². The molecule has 1 heterocycles. The molecule has 4 nitrogen and oxygen atoms in total. The van der Waals surface area contributed by atoms with Gasteiger partial charge in [0.25, 0.3) is 10.0 Å². The lowest BCUT2D eigenvalue weighted by Gasteiger charge is -2.12. The zero-order valence-electron chi connectivity index (χ0n) is 14.1. The maximum absolute atomic E-state index is 12.6. The minimum Gasteiger partial charge on any atom is -0.456 e. The molecule has 0 saturated carbocycles. The van der Waals surface area contributed by atoms with Crippen LogP contribution >= 0.6 is 0 Å². The maximum atomic E-state index is 12.6. The average molecular weight is 363 g/mol. The Morgan fingerprint density at radius 2 is 1.50 bits per heavy atom. The van der Waals surface area contributed by atoms with Gasteiger partial charge < -0.3 is 4.74 Å². The molecule has 0 unspecified atom stereocenters. The van der Waals surface area contributed by atoms with E-state index < -0.39 is 10.0 Å². The number of ether oxygens (including phenoxy) is 1. The molecule has 0 aromatic heterocycles. The van der Waals surface area contributed by atoms with Crippen molar-refractivity contribution in [1.29, 1.82) is 0 Å². The standard InChI is InChI=1S/C21H17NO3S/c1-15-6-12-19(13-7-15)26(23,24)22-18-11-10-17-9-8-16-4-2-3-5-20(16)25-21(17)14-18/h2-14,22H,1H3. The Hall–Kier alpha value is -3.05. The first kappa shape index (κ1) is 16.4. The molecule has 0 saturated heterocycles. The fraction of sp³-hybridized carbons (Fsp3) is 0.0476. The zero-order chi connectivity index (χ0) is 18.1. The van der Waals surface area contributed by atoms with Crippen LogP contribution < -0.4 is 9.46 Å². The summed E-state index contributed by atoms with van der Waals surface area (Å²) < 4.78 is 33.8. The Bertz CT molecular complexity index is 1100. The van der Waals surface area contributed by atoms with Gasteiger partial charge >= 0.3 is 0 Å². The monoisotopic (exact) mass is 363 g/mol. The van der Waals surface area contributed by atoms with E-state index in [1.807, 2.05) is 49.4 Å². The largest absolute Gasteiger partial charge is 0.456 e. The summed E-state index contributed by atoms with van der Waals surface area (Å²) in [6, 6.07) is 19.7. The topological polar surface area (TPSA) is 55.4 Å². The van der Waals surface area contributed by atoms with Crippen LogP contribution in [-0.4, -0.2) is 8.42 Å². The molecule has 0 aliphatic carbocycles. The normalized spacial score (nSPS) is 12.5. The minimum atomic E-state index is -3.65. The summed E-state index contributed by atoms with van der Waals surface area (Å²) in [6.07, 6.45) is 3.94. The Labute approximate surface area is 152 Å². The molecule has 1 aliphatic rings. The molecule has 1 N–H and O–H groups in total. The number of hydrogen-bond acceptors (Lipinski definition) is 3. The number of nitrogens with one attached hydrogen (secondary N) is 1. The second kappa shape index (κ2) is 6.35. The third-order valence-electron chi connectivity index (χ3n) is 4.18. The van der Waals surface area contributed by atoms with Gasteiger partial charge in [0.1, 0.15) is 11.5 Å². The molecule has 0 amide bonds. The quantitative estimate of drug-likeness (QED) is 0.553. The molecule has 0 spiro atoms. The van der Waals surface area contributed by atoms with Crippen LogP contribution in [-0.2, 0) is 10.0 Å². The van der Waals surface area contributed by atoms with Crippen LogP contribution in [0.1, 0.15) is 16.7 Å². The van der Waals surface area contributed by atoms with Gasteiger partial charge in [-0.15, -0.1) is 0 Å². The lowest BCUT2D eigenvalue weighted by molar-refractivity contribution is 0.482. The molecule has 3 aromatic rings. The predicted octanol–water partition coefficient (Wildman–Crippen LogP) is 5.07. The molecule has 26 heavy (non-hydrogen) atoms. The predicted molar refractivity (Wildman–Crippen MR) is 104 cm³/mol. The Morgan fingerprint density at radius 1 is 0.808 bits per heavy atom. The maximum Gasteiger partial charge on any atom is 0.261 e. The smallest absolute Gasteiger partial charge is 0.261 e.